The molecule has 1 saturated heterocycles. The standard InChI is InChI=1S/C17H17NO3/c19-16(18-10-17(20,11-18)13-6-7-13)15-14(8-9-21-15)12-4-2-1-3-5-12/h1-5,8-9,13,20H,6-7,10-11H2. The van der Waals surface area contributed by atoms with Crippen LogP contribution in [0.2, 0.25) is 0 Å². The summed E-state index contributed by atoms with van der Waals surface area (Å²) in [5, 5.41) is 10.3. The first-order chi connectivity index (χ1) is 10.2. The van der Waals surface area contributed by atoms with Crippen molar-refractivity contribution in [3.63, 3.8) is 0 Å². The number of nitrogens with zero attached hydrogens (tertiary/aromatic N) is 1. The second-order valence-corrected chi connectivity index (χ2v) is 6.07. The molecule has 108 valence electrons. The fourth-order valence-corrected chi connectivity index (χ4v) is 3.10. The van der Waals surface area contributed by atoms with E-state index in [1.165, 1.54) is 0 Å². The van der Waals surface area contributed by atoms with Crippen molar-refractivity contribution in [2.75, 3.05) is 13.1 Å². The summed E-state index contributed by atoms with van der Waals surface area (Å²) in [6.07, 6.45) is 3.70. The zero-order valence-electron chi connectivity index (χ0n) is 11.7. The van der Waals surface area contributed by atoms with Crippen LogP contribution in [0.5, 0.6) is 0 Å². The number of amides is 1. The van der Waals surface area contributed by atoms with E-state index in [4.69, 9.17) is 4.42 Å². The summed E-state index contributed by atoms with van der Waals surface area (Å²) in [6, 6.07) is 11.5. The maximum atomic E-state index is 12.5. The highest BCUT2D eigenvalue weighted by molar-refractivity contribution is 5.98. The number of benzene rings is 1. The minimum Gasteiger partial charge on any atom is -0.459 e. The average Bonchev–Trinajstić information content (AvgIpc) is 3.22. The summed E-state index contributed by atoms with van der Waals surface area (Å²) in [6.45, 7) is 0.844. The Kier molecular flexibility index (Phi) is 2.69. The van der Waals surface area contributed by atoms with Gasteiger partial charge in [0, 0.05) is 5.56 Å². The summed E-state index contributed by atoms with van der Waals surface area (Å²) in [4.78, 5) is 14.2. The molecule has 1 N–H and O–H groups in total. The molecule has 2 fully saturated rings. The van der Waals surface area contributed by atoms with Crippen LogP contribution in [0.4, 0.5) is 0 Å². The normalized spacial score (nSPS) is 20.1. The molecule has 4 rings (SSSR count). The quantitative estimate of drug-likeness (QED) is 0.941. The lowest BCUT2D eigenvalue weighted by Gasteiger charge is -2.46. The lowest BCUT2D eigenvalue weighted by atomic mass is 9.88. The Morgan fingerprint density at radius 1 is 1.19 bits per heavy atom. The van der Waals surface area contributed by atoms with E-state index in [1.807, 2.05) is 36.4 Å². The van der Waals surface area contributed by atoms with Gasteiger partial charge in [0.2, 0.25) is 0 Å². The number of carbonyl (C=O) groups is 1. The zero-order valence-corrected chi connectivity index (χ0v) is 11.7. The molecule has 1 amide bonds. The SMILES string of the molecule is O=C(c1occc1-c1ccccc1)N1CC(O)(C2CC2)C1. The Labute approximate surface area is 123 Å². The van der Waals surface area contributed by atoms with Gasteiger partial charge in [-0.2, -0.15) is 0 Å². The van der Waals surface area contributed by atoms with Gasteiger partial charge in [-0.15, -0.1) is 0 Å². The number of carbonyl (C=O) groups excluding carboxylic acids is 1. The van der Waals surface area contributed by atoms with Gasteiger partial charge < -0.3 is 14.4 Å². The Morgan fingerprint density at radius 2 is 1.90 bits per heavy atom. The fraction of sp³-hybridized carbons (Fsp3) is 0.353. The third-order valence-electron chi connectivity index (χ3n) is 4.50. The number of hydrogen-bond acceptors (Lipinski definition) is 3. The highest BCUT2D eigenvalue weighted by atomic mass is 16.3. The van der Waals surface area contributed by atoms with E-state index >= 15 is 0 Å². The van der Waals surface area contributed by atoms with Gasteiger partial charge in [0.15, 0.2) is 5.76 Å². The second-order valence-electron chi connectivity index (χ2n) is 6.07. The number of rotatable bonds is 3. The van der Waals surface area contributed by atoms with Crippen LogP contribution in [0.1, 0.15) is 23.4 Å². The van der Waals surface area contributed by atoms with Gasteiger partial charge in [0.05, 0.1) is 19.4 Å². The van der Waals surface area contributed by atoms with E-state index in [-0.39, 0.29) is 5.91 Å². The molecule has 1 aliphatic heterocycles. The van der Waals surface area contributed by atoms with Crippen LogP contribution in [0.15, 0.2) is 47.1 Å². The van der Waals surface area contributed by atoms with E-state index in [0.717, 1.165) is 24.0 Å². The zero-order chi connectivity index (χ0) is 14.4. The predicted octanol–water partition coefficient (Wildman–Crippen LogP) is 2.54. The fourth-order valence-electron chi connectivity index (χ4n) is 3.10. The lowest BCUT2D eigenvalue weighted by Crippen LogP contribution is -2.64. The molecule has 0 spiro atoms. The summed E-state index contributed by atoms with van der Waals surface area (Å²) in [7, 11) is 0. The van der Waals surface area contributed by atoms with Crippen LogP contribution >= 0.6 is 0 Å². The maximum absolute atomic E-state index is 12.5. The molecule has 0 radical (unpaired) electrons. The number of hydrogen-bond donors (Lipinski definition) is 1. The van der Waals surface area contributed by atoms with Gasteiger partial charge in [-0.3, -0.25) is 4.79 Å². The monoisotopic (exact) mass is 283 g/mol. The first-order valence-corrected chi connectivity index (χ1v) is 7.32. The molecule has 1 aromatic carbocycles. The highest BCUT2D eigenvalue weighted by Gasteiger charge is 2.53. The minimum atomic E-state index is -0.658. The van der Waals surface area contributed by atoms with Crippen molar-refractivity contribution in [2.24, 2.45) is 5.92 Å². The summed E-state index contributed by atoms with van der Waals surface area (Å²) < 4.78 is 5.41. The second kappa shape index (κ2) is 4.46. The van der Waals surface area contributed by atoms with E-state index in [1.54, 1.807) is 11.2 Å². The molecule has 1 aliphatic carbocycles. The van der Waals surface area contributed by atoms with Crippen LogP contribution in [0.3, 0.4) is 0 Å². The third-order valence-corrected chi connectivity index (χ3v) is 4.50. The van der Waals surface area contributed by atoms with Crippen molar-refractivity contribution in [2.45, 2.75) is 18.4 Å². The van der Waals surface area contributed by atoms with Crippen LogP contribution in [0, 0.1) is 5.92 Å². The number of furan rings is 1. The van der Waals surface area contributed by atoms with Gasteiger partial charge in [0.1, 0.15) is 5.60 Å². The summed E-state index contributed by atoms with van der Waals surface area (Å²) in [5.41, 5.74) is 1.12. The van der Waals surface area contributed by atoms with Gasteiger partial charge in [0.25, 0.3) is 5.91 Å². The summed E-state index contributed by atoms with van der Waals surface area (Å²) >= 11 is 0. The third kappa shape index (κ3) is 2.07. The first-order valence-electron chi connectivity index (χ1n) is 7.32. The molecule has 4 heteroatoms. The predicted molar refractivity (Wildman–Crippen MR) is 77.7 cm³/mol. The van der Waals surface area contributed by atoms with Gasteiger partial charge in [-0.25, -0.2) is 0 Å². The Bertz CT molecular complexity index is 666. The Hall–Kier alpha value is -2.07. The van der Waals surface area contributed by atoms with Crippen LogP contribution in [-0.2, 0) is 0 Å². The maximum Gasteiger partial charge on any atom is 0.290 e. The molecule has 2 heterocycles. The van der Waals surface area contributed by atoms with Crippen molar-refractivity contribution in [3.8, 4) is 11.1 Å². The molecule has 4 nitrogen and oxygen atoms in total. The van der Waals surface area contributed by atoms with Crippen LogP contribution in [0.25, 0.3) is 11.1 Å². The molecular weight excluding hydrogens is 266 g/mol. The highest BCUT2D eigenvalue weighted by Crippen LogP contribution is 2.45. The molecule has 0 unspecified atom stereocenters. The largest absolute Gasteiger partial charge is 0.459 e. The van der Waals surface area contributed by atoms with Crippen molar-refractivity contribution >= 4 is 5.91 Å². The molecule has 2 aromatic rings. The molecule has 2 aliphatic rings. The van der Waals surface area contributed by atoms with Crippen molar-refractivity contribution in [3.05, 3.63) is 48.4 Å². The van der Waals surface area contributed by atoms with E-state index < -0.39 is 5.60 Å². The van der Waals surface area contributed by atoms with Crippen LogP contribution < -0.4 is 0 Å². The molecule has 1 aromatic heterocycles. The van der Waals surface area contributed by atoms with Crippen molar-refractivity contribution in [1.29, 1.82) is 0 Å². The number of aliphatic hydroxyl groups is 1. The average molecular weight is 283 g/mol. The smallest absolute Gasteiger partial charge is 0.290 e. The minimum absolute atomic E-state index is 0.135. The van der Waals surface area contributed by atoms with Gasteiger partial charge in [-0.05, 0) is 30.4 Å². The Balaban J connectivity index is 1.55. The van der Waals surface area contributed by atoms with Gasteiger partial charge >= 0.3 is 0 Å². The van der Waals surface area contributed by atoms with E-state index in [9.17, 15) is 9.90 Å². The van der Waals surface area contributed by atoms with Crippen molar-refractivity contribution < 1.29 is 14.3 Å². The van der Waals surface area contributed by atoms with Gasteiger partial charge in [-0.1, -0.05) is 30.3 Å². The van der Waals surface area contributed by atoms with Crippen molar-refractivity contribution in [1.82, 2.24) is 4.90 Å². The molecular formula is C17H17NO3. The first kappa shape index (κ1) is 12.7. The lowest BCUT2D eigenvalue weighted by molar-refractivity contribution is -0.0964. The molecule has 0 bridgehead atoms. The number of β-amino-alcohol motifs (C(OH)–C–C–N with tert-alkyl or cyclic N) is 1. The number of likely N-dealkylation sites (tertiary alicyclic amines) is 1. The topological polar surface area (TPSA) is 53.7 Å². The Morgan fingerprint density at radius 3 is 2.57 bits per heavy atom. The van der Waals surface area contributed by atoms with E-state index in [2.05, 4.69) is 0 Å². The molecule has 1 saturated carbocycles. The molecule has 21 heavy (non-hydrogen) atoms. The molecule has 0 atom stereocenters. The van der Waals surface area contributed by atoms with E-state index in [0.29, 0.717) is 24.8 Å². The van der Waals surface area contributed by atoms with Crippen LogP contribution in [-0.4, -0.2) is 34.6 Å². The summed E-state index contributed by atoms with van der Waals surface area (Å²) in [5.74, 6) is 0.606.